The van der Waals surface area contributed by atoms with Crippen molar-refractivity contribution in [3.8, 4) is 16.9 Å². The van der Waals surface area contributed by atoms with Gasteiger partial charge in [0.25, 0.3) is 0 Å². The molecule has 0 atom stereocenters. The first-order valence-corrected chi connectivity index (χ1v) is 4.65. The van der Waals surface area contributed by atoms with E-state index in [1.54, 1.807) is 18.2 Å². The summed E-state index contributed by atoms with van der Waals surface area (Å²) in [5.74, 6) is -0.870. The first-order valence-electron chi connectivity index (χ1n) is 4.65. The van der Waals surface area contributed by atoms with Gasteiger partial charge in [-0.15, -0.1) is 0 Å². The third-order valence-corrected chi connectivity index (χ3v) is 2.23. The molecular weight excluding hydrogens is 206 g/mol. The number of aromatic nitrogens is 1. The Morgan fingerprint density at radius 2 is 1.81 bits per heavy atom. The Labute approximate surface area is 91.8 Å². The lowest BCUT2D eigenvalue weighted by molar-refractivity contribution is 0.0697. The van der Waals surface area contributed by atoms with Gasteiger partial charge in [-0.2, -0.15) is 0 Å². The van der Waals surface area contributed by atoms with Crippen LogP contribution < -0.4 is 0 Å². The van der Waals surface area contributed by atoms with E-state index in [9.17, 15) is 4.79 Å². The maximum absolute atomic E-state index is 11.0. The molecule has 2 rings (SSSR count). The lowest BCUT2D eigenvalue weighted by atomic mass is 10.0. The van der Waals surface area contributed by atoms with Crippen LogP contribution in [-0.4, -0.2) is 21.2 Å². The van der Waals surface area contributed by atoms with Gasteiger partial charge in [-0.25, -0.2) is 4.79 Å². The lowest BCUT2D eigenvalue weighted by Gasteiger charge is -2.05. The molecule has 0 fully saturated rings. The topological polar surface area (TPSA) is 70.4 Å². The number of aromatic carboxylic acids is 1. The van der Waals surface area contributed by atoms with Crippen molar-refractivity contribution in [2.45, 2.75) is 0 Å². The molecule has 0 radical (unpaired) electrons. The number of hydrogen-bond acceptors (Lipinski definition) is 3. The fourth-order valence-corrected chi connectivity index (χ4v) is 1.46. The summed E-state index contributed by atoms with van der Waals surface area (Å²) in [6.07, 6.45) is 2.85. The molecule has 16 heavy (non-hydrogen) atoms. The summed E-state index contributed by atoms with van der Waals surface area (Å²) in [7, 11) is 0. The highest BCUT2D eigenvalue weighted by Crippen LogP contribution is 2.24. The van der Waals surface area contributed by atoms with Crippen molar-refractivity contribution < 1.29 is 15.0 Å². The Balaban J connectivity index is 2.55. The van der Waals surface area contributed by atoms with E-state index in [2.05, 4.69) is 4.98 Å². The van der Waals surface area contributed by atoms with Crippen LogP contribution in [0.5, 0.6) is 5.75 Å². The maximum atomic E-state index is 11.0. The van der Waals surface area contributed by atoms with Crippen LogP contribution >= 0.6 is 0 Å². The van der Waals surface area contributed by atoms with Crippen molar-refractivity contribution in [2.75, 3.05) is 0 Å². The SMILES string of the molecule is O=C(O)c1cnccc1-c1ccc(O)cc1. The number of phenols is 1. The summed E-state index contributed by atoms with van der Waals surface area (Å²) in [6, 6.07) is 7.99. The zero-order chi connectivity index (χ0) is 11.5. The molecule has 2 aromatic rings. The van der Waals surface area contributed by atoms with Crippen molar-refractivity contribution in [3.63, 3.8) is 0 Å². The monoisotopic (exact) mass is 215 g/mol. The largest absolute Gasteiger partial charge is 0.508 e. The van der Waals surface area contributed by atoms with E-state index < -0.39 is 5.97 Å². The summed E-state index contributed by atoms with van der Waals surface area (Å²) in [4.78, 5) is 14.8. The minimum atomic E-state index is -1.02. The number of aromatic hydroxyl groups is 1. The predicted molar refractivity (Wildman–Crippen MR) is 58.3 cm³/mol. The molecule has 0 aliphatic carbocycles. The predicted octanol–water partition coefficient (Wildman–Crippen LogP) is 2.15. The van der Waals surface area contributed by atoms with Gasteiger partial charge in [0.15, 0.2) is 0 Å². The number of phenolic OH excluding ortho intramolecular Hbond substituents is 1. The molecule has 0 bridgehead atoms. The Morgan fingerprint density at radius 1 is 1.12 bits per heavy atom. The van der Waals surface area contributed by atoms with Gasteiger partial charge in [0.05, 0.1) is 5.56 Å². The number of benzene rings is 1. The molecule has 0 aliphatic rings. The molecule has 0 amide bonds. The van der Waals surface area contributed by atoms with Gasteiger partial charge >= 0.3 is 5.97 Å². The van der Waals surface area contributed by atoms with E-state index in [1.807, 2.05) is 0 Å². The van der Waals surface area contributed by atoms with Gasteiger partial charge in [-0.1, -0.05) is 12.1 Å². The zero-order valence-electron chi connectivity index (χ0n) is 8.29. The molecule has 4 nitrogen and oxygen atoms in total. The Bertz CT molecular complexity index is 520. The quantitative estimate of drug-likeness (QED) is 0.805. The van der Waals surface area contributed by atoms with Crippen molar-refractivity contribution in [2.24, 2.45) is 0 Å². The molecule has 0 aliphatic heterocycles. The van der Waals surface area contributed by atoms with Gasteiger partial charge in [0, 0.05) is 12.4 Å². The number of pyridine rings is 1. The van der Waals surface area contributed by atoms with E-state index in [0.29, 0.717) is 5.56 Å². The number of carboxylic acid groups (broad SMARTS) is 1. The maximum Gasteiger partial charge on any atom is 0.337 e. The molecule has 80 valence electrons. The van der Waals surface area contributed by atoms with Gasteiger partial charge in [-0.05, 0) is 29.3 Å². The normalized spacial score (nSPS) is 10.0. The van der Waals surface area contributed by atoms with E-state index in [-0.39, 0.29) is 11.3 Å². The minimum Gasteiger partial charge on any atom is -0.508 e. The van der Waals surface area contributed by atoms with Gasteiger partial charge in [0.1, 0.15) is 5.75 Å². The van der Waals surface area contributed by atoms with Gasteiger partial charge in [0.2, 0.25) is 0 Å². The summed E-state index contributed by atoms with van der Waals surface area (Å²) >= 11 is 0. The van der Waals surface area contributed by atoms with Crippen LogP contribution in [0.3, 0.4) is 0 Å². The average molecular weight is 215 g/mol. The first-order chi connectivity index (χ1) is 7.68. The Hall–Kier alpha value is -2.36. The standard InChI is InChI=1S/C12H9NO3/c14-9-3-1-8(2-4-9)10-5-6-13-7-11(10)12(15)16/h1-7,14H,(H,15,16). The van der Waals surface area contributed by atoms with Crippen molar-refractivity contribution in [1.29, 1.82) is 0 Å². The molecule has 0 spiro atoms. The van der Waals surface area contributed by atoms with Gasteiger partial charge in [-0.3, -0.25) is 4.98 Å². The highest BCUT2D eigenvalue weighted by Gasteiger charge is 2.10. The smallest absolute Gasteiger partial charge is 0.337 e. The third kappa shape index (κ3) is 1.86. The summed E-state index contributed by atoms with van der Waals surface area (Å²) in [6.45, 7) is 0. The van der Waals surface area contributed by atoms with Crippen molar-refractivity contribution in [3.05, 3.63) is 48.3 Å². The van der Waals surface area contributed by atoms with Crippen molar-refractivity contribution >= 4 is 5.97 Å². The molecule has 4 heteroatoms. The second-order valence-electron chi connectivity index (χ2n) is 3.27. The van der Waals surface area contributed by atoms with Gasteiger partial charge < -0.3 is 10.2 Å². The van der Waals surface area contributed by atoms with Crippen LogP contribution in [0.25, 0.3) is 11.1 Å². The molecule has 2 N–H and O–H groups in total. The molecule has 1 aromatic carbocycles. The first kappa shape index (κ1) is 10.2. The molecule has 1 heterocycles. The molecule has 0 unspecified atom stereocenters. The number of carboxylic acids is 1. The molecule has 0 saturated heterocycles. The van der Waals surface area contributed by atoms with Crippen LogP contribution in [0.4, 0.5) is 0 Å². The van der Waals surface area contributed by atoms with E-state index in [1.165, 1.54) is 24.5 Å². The average Bonchev–Trinajstić information content (AvgIpc) is 2.30. The van der Waals surface area contributed by atoms with E-state index in [0.717, 1.165) is 5.56 Å². The van der Waals surface area contributed by atoms with E-state index >= 15 is 0 Å². The highest BCUT2D eigenvalue weighted by molar-refractivity contribution is 5.95. The fourth-order valence-electron chi connectivity index (χ4n) is 1.46. The molecular formula is C12H9NO3. The molecule has 0 saturated carbocycles. The van der Waals surface area contributed by atoms with Crippen LogP contribution in [0.1, 0.15) is 10.4 Å². The van der Waals surface area contributed by atoms with E-state index in [4.69, 9.17) is 10.2 Å². The Kier molecular flexibility index (Phi) is 2.55. The van der Waals surface area contributed by atoms with Crippen LogP contribution in [-0.2, 0) is 0 Å². The number of carbonyl (C=O) groups is 1. The van der Waals surface area contributed by atoms with Crippen LogP contribution in [0, 0.1) is 0 Å². The fraction of sp³-hybridized carbons (Fsp3) is 0. The molecule has 1 aromatic heterocycles. The van der Waals surface area contributed by atoms with Crippen LogP contribution in [0.15, 0.2) is 42.7 Å². The Morgan fingerprint density at radius 3 is 2.44 bits per heavy atom. The number of nitrogens with zero attached hydrogens (tertiary/aromatic N) is 1. The summed E-state index contributed by atoms with van der Waals surface area (Å²) in [5.41, 5.74) is 1.47. The summed E-state index contributed by atoms with van der Waals surface area (Å²) < 4.78 is 0. The summed E-state index contributed by atoms with van der Waals surface area (Å²) in [5, 5.41) is 18.1. The second-order valence-corrected chi connectivity index (χ2v) is 3.27. The van der Waals surface area contributed by atoms with Crippen molar-refractivity contribution in [1.82, 2.24) is 4.98 Å². The second kappa shape index (κ2) is 4.02. The third-order valence-electron chi connectivity index (χ3n) is 2.23. The minimum absolute atomic E-state index is 0.146. The zero-order valence-corrected chi connectivity index (χ0v) is 8.29. The van der Waals surface area contributed by atoms with Crippen LogP contribution in [0.2, 0.25) is 0 Å². The number of hydrogen-bond donors (Lipinski definition) is 2. The number of rotatable bonds is 2. The highest BCUT2D eigenvalue weighted by atomic mass is 16.4. The lowest BCUT2D eigenvalue weighted by Crippen LogP contribution is -1.99.